The van der Waals surface area contributed by atoms with Crippen LogP contribution in [0.25, 0.3) is 0 Å². The molecule has 0 atom stereocenters. The van der Waals surface area contributed by atoms with E-state index in [1.165, 1.54) is 25.6 Å². The standard InChI is InChI=1S/C13H11N5O2/c1-20-13(19)8-2-3-12(17-6-8)18-11-7-16-9(5-14)4-10(11)15/h2-4,6-7H,1H3,(H2,15,16)(H,17,18). The Labute approximate surface area is 115 Å². The summed E-state index contributed by atoms with van der Waals surface area (Å²) in [6, 6.07) is 6.56. The van der Waals surface area contributed by atoms with Crippen LogP contribution >= 0.6 is 0 Å². The van der Waals surface area contributed by atoms with Crippen LogP contribution in [-0.4, -0.2) is 23.0 Å². The van der Waals surface area contributed by atoms with E-state index in [2.05, 4.69) is 20.0 Å². The Kier molecular flexibility index (Phi) is 3.77. The lowest BCUT2D eigenvalue weighted by atomic mass is 10.2. The zero-order valence-electron chi connectivity index (χ0n) is 10.6. The maximum Gasteiger partial charge on any atom is 0.339 e. The number of carbonyl (C=O) groups is 1. The molecule has 3 N–H and O–H groups in total. The van der Waals surface area contributed by atoms with Crippen molar-refractivity contribution in [1.82, 2.24) is 9.97 Å². The van der Waals surface area contributed by atoms with Crippen molar-refractivity contribution in [3.63, 3.8) is 0 Å². The second-order valence-corrected chi connectivity index (χ2v) is 3.82. The van der Waals surface area contributed by atoms with Crippen LogP contribution in [0.1, 0.15) is 16.1 Å². The van der Waals surface area contributed by atoms with E-state index in [1.54, 1.807) is 12.1 Å². The molecule has 20 heavy (non-hydrogen) atoms. The van der Waals surface area contributed by atoms with Crippen molar-refractivity contribution in [2.45, 2.75) is 0 Å². The van der Waals surface area contributed by atoms with Gasteiger partial charge in [-0.15, -0.1) is 0 Å². The molecule has 0 aliphatic heterocycles. The number of hydrogen-bond acceptors (Lipinski definition) is 7. The number of nitrogens with two attached hydrogens (primary N) is 1. The number of nitrogens with zero attached hydrogens (tertiary/aromatic N) is 3. The minimum absolute atomic E-state index is 0.238. The number of esters is 1. The van der Waals surface area contributed by atoms with Gasteiger partial charge in [0.2, 0.25) is 0 Å². The van der Waals surface area contributed by atoms with E-state index in [9.17, 15) is 4.79 Å². The van der Waals surface area contributed by atoms with E-state index >= 15 is 0 Å². The lowest BCUT2D eigenvalue weighted by Crippen LogP contribution is -2.03. The second-order valence-electron chi connectivity index (χ2n) is 3.82. The van der Waals surface area contributed by atoms with Crippen molar-refractivity contribution in [2.75, 3.05) is 18.2 Å². The SMILES string of the molecule is COC(=O)c1ccc(Nc2cnc(C#N)cc2N)nc1. The van der Waals surface area contributed by atoms with Crippen LogP contribution in [0.4, 0.5) is 17.2 Å². The van der Waals surface area contributed by atoms with Gasteiger partial charge in [0.1, 0.15) is 17.6 Å². The van der Waals surface area contributed by atoms with Gasteiger partial charge < -0.3 is 15.8 Å². The third kappa shape index (κ3) is 2.81. The topological polar surface area (TPSA) is 114 Å². The Bertz CT molecular complexity index is 676. The summed E-state index contributed by atoms with van der Waals surface area (Å²) < 4.78 is 4.58. The fraction of sp³-hybridized carbons (Fsp3) is 0.0769. The molecule has 0 saturated heterocycles. The van der Waals surface area contributed by atoms with E-state index in [-0.39, 0.29) is 5.69 Å². The Morgan fingerprint density at radius 3 is 2.75 bits per heavy atom. The summed E-state index contributed by atoms with van der Waals surface area (Å²) in [4.78, 5) is 19.2. The molecule has 0 bridgehead atoms. The third-order valence-electron chi connectivity index (χ3n) is 2.50. The number of hydrogen-bond donors (Lipinski definition) is 2. The molecule has 0 unspecified atom stereocenters. The Balaban J connectivity index is 2.18. The van der Waals surface area contributed by atoms with Crippen molar-refractivity contribution >= 4 is 23.2 Å². The smallest absolute Gasteiger partial charge is 0.339 e. The molecule has 0 radical (unpaired) electrons. The van der Waals surface area contributed by atoms with Gasteiger partial charge in [0.15, 0.2) is 0 Å². The molecule has 2 aromatic rings. The third-order valence-corrected chi connectivity index (χ3v) is 2.50. The number of aromatic nitrogens is 2. The van der Waals surface area contributed by atoms with Crippen LogP contribution in [0.3, 0.4) is 0 Å². The molecule has 2 rings (SSSR count). The van der Waals surface area contributed by atoms with Gasteiger partial charge in [-0.2, -0.15) is 5.26 Å². The van der Waals surface area contributed by atoms with Crippen molar-refractivity contribution in [3.8, 4) is 6.07 Å². The first-order valence-corrected chi connectivity index (χ1v) is 5.61. The molecule has 0 aliphatic carbocycles. The van der Waals surface area contributed by atoms with Gasteiger partial charge in [-0.3, -0.25) is 0 Å². The highest BCUT2D eigenvalue weighted by Gasteiger charge is 2.07. The molecular formula is C13H11N5O2. The fourth-order valence-corrected chi connectivity index (χ4v) is 1.48. The summed E-state index contributed by atoms with van der Waals surface area (Å²) in [6.07, 6.45) is 2.84. The van der Waals surface area contributed by atoms with Crippen LogP contribution in [-0.2, 0) is 4.74 Å². The number of carbonyl (C=O) groups excluding carboxylic acids is 1. The number of anilines is 3. The minimum Gasteiger partial charge on any atom is -0.465 e. The fourth-order valence-electron chi connectivity index (χ4n) is 1.48. The first-order chi connectivity index (χ1) is 9.63. The summed E-state index contributed by atoms with van der Waals surface area (Å²) in [6.45, 7) is 0. The first-order valence-electron chi connectivity index (χ1n) is 5.61. The van der Waals surface area contributed by atoms with E-state index in [0.717, 1.165) is 0 Å². The molecular weight excluding hydrogens is 258 g/mol. The molecule has 7 heteroatoms. The van der Waals surface area contributed by atoms with Gasteiger partial charge in [0.25, 0.3) is 0 Å². The number of nitriles is 1. The second kappa shape index (κ2) is 5.67. The molecule has 7 nitrogen and oxygen atoms in total. The molecule has 0 spiro atoms. The maximum atomic E-state index is 11.3. The van der Waals surface area contributed by atoms with Crippen LogP contribution in [0.5, 0.6) is 0 Å². The Morgan fingerprint density at radius 1 is 1.40 bits per heavy atom. The predicted octanol–water partition coefficient (Wildman–Crippen LogP) is 1.46. The maximum absolute atomic E-state index is 11.3. The quantitative estimate of drug-likeness (QED) is 0.810. The van der Waals surface area contributed by atoms with Gasteiger partial charge >= 0.3 is 5.97 Å². The van der Waals surface area contributed by atoms with Gasteiger partial charge in [0, 0.05) is 6.20 Å². The monoisotopic (exact) mass is 269 g/mol. The lowest BCUT2D eigenvalue weighted by Gasteiger charge is -2.08. The number of pyridine rings is 2. The summed E-state index contributed by atoms with van der Waals surface area (Å²) in [7, 11) is 1.30. The average Bonchev–Trinajstić information content (AvgIpc) is 2.49. The zero-order valence-corrected chi connectivity index (χ0v) is 10.6. The van der Waals surface area contributed by atoms with Crippen molar-refractivity contribution < 1.29 is 9.53 Å². The Morgan fingerprint density at radius 2 is 2.20 bits per heavy atom. The largest absolute Gasteiger partial charge is 0.465 e. The molecule has 2 heterocycles. The van der Waals surface area contributed by atoms with Gasteiger partial charge in [-0.25, -0.2) is 14.8 Å². The van der Waals surface area contributed by atoms with E-state index in [0.29, 0.717) is 22.8 Å². The summed E-state index contributed by atoms with van der Waals surface area (Å²) in [5.74, 6) is 0.0412. The number of ether oxygens (including phenoxy) is 1. The van der Waals surface area contributed by atoms with Gasteiger partial charge in [-0.1, -0.05) is 0 Å². The van der Waals surface area contributed by atoms with Crippen LogP contribution in [0.2, 0.25) is 0 Å². The van der Waals surface area contributed by atoms with Crippen LogP contribution in [0.15, 0.2) is 30.6 Å². The molecule has 100 valence electrons. The van der Waals surface area contributed by atoms with Crippen LogP contribution < -0.4 is 11.1 Å². The zero-order chi connectivity index (χ0) is 14.5. The predicted molar refractivity (Wildman–Crippen MR) is 72.2 cm³/mol. The summed E-state index contributed by atoms with van der Waals surface area (Å²) in [5, 5.41) is 11.7. The number of methoxy groups -OCH3 is 1. The van der Waals surface area contributed by atoms with Crippen molar-refractivity contribution in [1.29, 1.82) is 5.26 Å². The normalized spacial score (nSPS) is 9.60. The minimum atomic E-state index is -0.455. The first kappa shape index (κ1) is 13.3. The molecule has 2 aromatic heterocycles. The van der Waals surface area contributed by atoms with E-state index in [4.69, 9.17) is 11.0 Å². The average molecular weight is 269 g/mol. The summed E-state index contributed by atoms with van der Waals surface area (Å²) >= 11 is 0. The van der Waals surface area contributed by atoms with Crippen LogP contribution in [0, 0.1) is 11.3 Å². The highest BCUT2D eigenvalue weighted by molar-refractivity contribution is 5.89. The van der Waals surface area contributed by atoms with Gasteiger partial charge in [-0.05, 0) is 18.2 Å². The number of rotatable bonds is 3. The molecule has 0 aliphatic rings. The highest BCUT2D eigenvalue weighted by Crippen LogP contribution is 2.21. The molecule has 0 fully saturated rings. The lowest BCUT2D eigenvalue weighted by molar-refractivity contribution is 0.0600. The van der Waals surface area contributed by atoms with Crippen molar-refractivity contribution in [2.24, 2.45) is 0 Å². The number of nitrogens with one attached hydrogen (secondary N) is 1. The molecule has 0 amide bonds. The molecule has 0 saturated carbocycles. The Hall–Kier alpha value is -3.14. The summed E-state index contributed by atoms with van der Waals surface area (Å²) in [5.41, 5.74) is 7.29. The number of nitrogen functional groups attached to an aromatic ring is 1. The van der Waals surface area contributed by atoms with Crippen molar-refractivity contribution in [3.05, 3.63) is 41.9 Å². The molecule has 0 aromatic carbocycles. The van der Waals surface area contributed by atoms with Gasteiger partial charge in [0.05, 0.1) is 30.2 Å². The highest BCUT2D eigenvalue weighted by atomic mass is 16.5. The van der Waals surface area contributed by atoms with E-state index in [1.807, 2.05) is 6.07 Å². The van der Waals surface area contributed by atoms with E-state index < -0.39 is 5.97 Å².